The molecule has 0 bridgehead atoms. The molecule has 0 spiro atoms. The summed E-state index contributed by atoms with van der Waals surface area (Å²) in [5.74, 6) is 0. The van der Waals surface area contributed by atoms with Gasteiger partial charge in [-0.1, -0.05) is 6.07 Å². The molecular weight excluding hydrogens is 220 g/mol. The second-order valence-electron chi connectivity index (χ2n) is 4.40. The predicted molar refractivity (Wildman–Crippen MR) is 61.7 cm³/mol. The topological polar surface area (TPSA) is 73.7 Å². The molecule has 1 saturated heterocycles. The van der Waals surface area contributed by atoms with E-state index in [1.54, 1.807) is 6.20 Å². The molecule has 1 aliphatic rings. The highest BCUT2D eigenvalue weighted by molar-refractivity contribution is 5.66. The predicted octanol–water partition coefficient (Wildman–Crippen LogP) is 1.57. The molecule has 1 aromatic heterocycles. The number of hydrogen-bond donors (Lipinski definition) is 2. The van der Waals surface area contributed by atoms with Gasteiger partial charge in [-0.25, -0.2) is 4.79 Å². The van der Waals surface area contributed by atoms with Crippen LogP contribution in [0.15, 0.2) is 18.3 Å². The Morgan fingerprint density at radius 2 is 2.29 bits per heavy atom. The van der Waals surface area contributed by atoms with Gasteiger partial charge in [0.05, 0.1) is 12.1 Å². The minimum absolute atomic E-state index is 0.288. The summed E-state index contributed by atoms with van der Waals surface area (Å²) in [5.41, 5.74) is 1.74. The minimum atomic E-state index is -0.942. The number of piperidine rings is 1. The number of nitrogens with zero attached hydrogens (tertiary/aromatic N) is 2. The lowest BCUT2D eigenvalue weighted by Crippen LogP contribution is -2.41. The van der Waals surface area contributed by atoms with Crippen LogP contribution in [0.2, 0.25) is 0 Å². The maximum absolute atomic E-state index is 11.1. The van der Waals surface area contributed by atoms with Gasteiger partial charge in [0, 0.05) is 18.4 Å². The molecule has 92 valence electrons. The van der Waals surface area contributed by atoms with Gasteiger partial charge in [-0.15, -0.1) is 0 Å². The molecule has 1 amide bonds. The van der Waals surface area contributed by atoms with Crippen molar-refractivity contribution in [1.29, 1.82) is 0 Å². The van der Waals surface area contributed by atoms with Gasteiger partial charge >= 0.3 is 6.09 Å². The van der Waals surface area contributed by atoms with E-state index >= 15 is 0 Å². The van der Waals surface area contributed by atoms with Gasteiger partial charge in [-0.3, -0.25) is 4.98 Å². The Labute approximate surface area is 99.7 Å². The fraction of sp³-hybridized carbons (Fsp3) is 0.500. The molecule has 0 radical (unpaired) electrons. The number of amides is 1. The monoisotopic (exact) mass is 236 g/mol. The quantitative estimate of drug-likeness (QED) is 0.776. The number of pyridine rings is 1. The Morgan fingerprint density at radius 1 is 1.53 bits per heavy atom. The molecule has 2 atom stereocenters. The lowest BCUT2D eigenvalue weighted by molar-refractivity contribution is 0.0423. The van der Waals surface area contributed by atoms with Crippen LogP contribution in [0, 0.1) is 6.92 Å². The number of carboxylic acid groups (broad SMARTS) is 1. The number of rotatable bonds is 1. The number of aryl methyl sites for hydroxylation is 1. The second kappa shape index (κ2) is 4.71. The van der Waals surface area contributed by atoms with Gasteiger partial charge in [-0.05, 0) is 31.4 Å². The molecule has 1 aliphatic heterocycles. The van der Waals surface area contributed by atoms with E-state index in [0.717, 1.165) is 11.3 Å². The van der Waals surface area contributed by atoms with Crippen molar-refractivity contribution < 1.29 is 15.0 Å². The zero-order chi connectivity index (χ0) is 12.4. The Bertz CT molecular complexity index is 405. The van der Waals surface area contributed by atoms with Gasteiger partial charge in [0.2, 0.25) is 0 Å². The maximum atomic E-state index is 11.1. The van der Waals surface area contributed by atoms with Gasteiger partial charge < -0.3 is 15.1 Å². The Morgan fingerprint density at radius 3 is 2.88 bits per heavy atom. The lowest BCUT2D eigenvalue weighted by atomic mass is 9.94. The van der Waals surface area contributed by atoms with E-state index in [1.807, 2.05) is 19.1 Å². The molecule has 0 aliphatic carbocycles. The van der Waals surface area contributed by atoms with Crippen molar-refractivity contribution in [3.8, 4) is 0 Å². The van der Waals surface area contributed by atoms with E-state index in [-0.39, 0.29) is 6.04 Å². The highest BCUT2D eigenvalue weighted by Crippen LogP contribution is 2.30. The third-order valence-electron chi connectivity index (χ3n) is 3.14. The molecular formula is C12H16N2O3. The molecule has 1 fully saturated rings. The fourth-order valence-corrected chi connectivity index (χ4v) is 2.17. The van der Waals surface area contributed by atoms with Crippen LogP contribution in [-0.2, 0) is 0 Å². The number of aromatic nitrogens is 1. The molecule has 2 heterocycles. The zero-order valence-corrected chi connectivity index (χ0v) is 9.71. The van der Waals surface area contributed by atoms with Crippen molar-refractivity contribution in [3.63, 3.8) is 0 Å². The van der Waals surface area contributed by atoms with Crippen molar-refractivity contribution in [3.05, 3.63) is 29.6 Å². The first-order chi connectivity index (χ1) is 8.08. The molecule has 17 heavy (non-hydrogen) atoms. The molecule has 0 aromatic carbocycles. The van der Waals surface area contributed by atoms with Crippen LogP contribution < -0.4 is 0 Å². The molecule has 5 heteroatoms. The number of aliphatic hydroxyl groups excluding tert-OH is 1. The summed E-state index contributed by atoms with van der Waals surface area (Å²) < 4.78 is 0. The summed E-state index contributed by atoms with van der Waals surface area (Å²) in [6.45, 7) is 2.25. The van der Waals surface area contributed by atoms with Crippen molar-refractivity contribution in [1.82, 2.24) is 9.88 Å². The summed E-state index contributed by atoms with van der Waals surface area (Å²) in [4.78, 5) is 16.7. The van der Waals surface area contributed by atoms with E-state index in [9.17, 15) is 9.90 Å². The molecule has 0 saturated carbocycles. The largest absolute Gasteiger partial charge is 0.465 e. The summed E-state index contributed by atoms with van der Waals surface area (Å²) >= 11 is 0. The Balaban J connectivity index is 2.25. The van der Waals surface area contributed by atoms with Crippen LogP contribution in [0.25, 0.3) is 0 Å². The van der Waals surface area contributed by atoms with Gasteiger partial charge in [-0.2, -0.15) is 0 Å². The summed E-state index contributed by atoms with van der Waals surface area (Å²) in [7, 11) is 0. The first kappa shape index (κ1) is 11.9. The number of hydrogen-bond acceptors (Lipinski definition) is 3. The standard InChI is InChI=1S/C12H16N2O3/c1-8-2-3-9(7-13-8)11-6-10(15)4-5-14(11)12(16)17/h2-3,7,10-11,15H,4-6H2,1H3,(H,16,17). The molecule has 2 N–H and O–H groups in total. The molecule has 1 aromatic rings. The summed E-state index contributed by atoms with van der Waals surface area (Å²) in [6, 6.07) is 3.45. The average Bonchev–Trinajstić information content (AvgIpc) is 2.29. The van der Waals surface area contributed by atoms with Crippen molar-refractivity contribution >= 4 is 6.09 Å². The van der Waals surface area contributed by atoms with E-state index in [0.29, 0.717) is 19.4 Å². The highest BCUT2D eigenvalue weighted by Gasteiger charge is 2.31. The van der Waals surface area contributed by atoms with E-state index in [4.69, 9.17) is 5.11 Å². The van der Waals surface area contributed by atoms with Crippen LogP contribution in [0.5, 0.6) is 0 Å². The number of carbonyl (C=O) groups is 1. The SMILES string of the molecule is Cc1ccc(C2CC(O)CCN2C(=O)O)cn1. The van der Waals surface area contributed by atoms with Crippen molar-refractivity contribution in [2.24, 2.45) is 0 Å². The number of likely N-dealkylation sites (tertiary alicyclic amines) is 1. The van der Waals surface area contributed by atoms with Crippen molar-refractivity contribution in [2.45, 2.75) is 31.9 Å². The van der Waals surface area contributed by atoms with Crippen LogP contribution in [0.1, 0.15) is 30.1 Å². The minimum Gasteiger partial charge on any atom is -0.465 e. The van der Waals surface area contributed by atoms with Gasteiger partial charge in [0.25, 0.3) is 0 Å². The highest BCUT2D eigenvalue weighted by atomic mass is 16.4. The lowest BCUT2D eigenvalue weighted by Gasteiger charge is -2.36. The van der Waals surface area contributed by atoms with E-state index in [2.05, 4.69) is 4.98 Å². The van der Waals surface area contributed by atoms with E-state index < -0.39 is 12.2 Å². The Hall–Kier alpha value is -1.62. The molecule has 5 nitrogen and oxygen atoms in total. The first-order valence-electron chi connectivity index (χ1n) is 5.68. The smallest absolute Gasteiger partial charge is 0.407 e. The maximum Gasteiger partial charge on any atom is 0.407 e. The summed E-state index contributed by atoms with van der Waals surface area (Å²) in [6.07, 6.45) is 1.26. The molecule has 2 rings (SSSR count). The van der Waals surface area contributed by atoms with Crippen molar-refractivity contribution in [2.75, 3.05) is 6.54 Å². The normalized spacial score (nSPS) is 24.7. The zero-order valence-electron chi connectivity index (χ0n) is 9.71. The summed E-state index contributed by atoms with van der Waals surface area (Å²) in [5, 5.41) is 18.8. The van der Waals surface area contributed by atoms with Crippen LogP contribution >= 0.6 is 0 Å². The third kappa shape index (κ3) is 2.55. The molecule has 2 unspecified atom stereocenters. The average molecular weight is 236 g/mol. The van der Waals surface area contributed by atoms with Crippen LogP contribution in [0.4, 0.5) is 4.79 Å². The fourth-order valence-electron chi connectivity index (χ4n) is 2.17. The number of aliphatic hydroxyl groups is 1. The van der Waals surface area contributed by atoms with Gasteiger partial charge in [0.1, 0.15) is 0 Å². The van der Waals surface area contributed by atoms with Crippen LogP contribution in [-0.4, -0.2) is 38.8 Å². The van der Waals surface area contributed by atoms with Crippen LogP contribution in [0.3, 0.4) is 0 Å². The second-order valence-corrected chi connectivity index (χ2v) is 4.40. The third-order valence-corrected chi connectivity index (χ3v) is 3.14. The van der Waals surface area contributed by atoms with Gasteiger partial charge in [0.15, 0.2) is 0 Å². The Kier molecular flexibility index (Phi) is 3.28. The first-order valence-corrected chi connectivity index (χ1v) is 5.68. The van der Waals surface area contributed by atoms with E-state index in [1.165, 1.54) is 4.90 Å².